The summed E-state index contributed by atoms with van der Waals surface area (Å²) in [6, 6.07) is 21.7. The largest absolute Gasteiger partial charge is 0.427 e. The second kappa shape index (κ2) is 10.7. The van der Waals surface area contributed by atoms with Crippen molar-refractivity contribution in [3.8, 4) is 5.75 Å². The predicted molar refractivity (Wildman–Crippen MR) is 154 cm³/mol. The molecule has 206 valence electrons. The Morgan fingerprint density at radius 3 is 2.56 bits per heavy atom. The maximum absolute atomic E-state index is 14.1. The van der Waals surface area contributed by atoms with E-state index >= 15 is 0 Å². The van der Waals surface area contributed by atoms with Gasteiger partial charge in [0.25, 0.3) is 5.91 Å². The topological polar surface area (TPSA) is 70.1 Å². The standard InChI is InChI=1S/C33H40N2O4/c1-23(2)21-35(31(37)27-13-12-25-8-5-6-9-26(25)18-27)29-14-15-33(38)22-34(4)17-16-32(33,20-29)28-10-7-11-30(19-28)39-24(3)36/h5-13,18-19,23,29,38H,14-17,20-22H2,1-4H3. The van der Waals surface area contributed by atoms with Crippen molar-refractivity contribution in [1.29, 1.82) is 0 Å². The molecule has 6 nitrogen and oxygen atoms in total. The van der Waals surface area contributed by atoms with Gasteiger partial charge in [0.2, 0.25) is 0 Å². The zero-order valence-electron chi connectivity index (χ0n) is 23.5. The van der Waals surface area contributed by atoms with Crippen molar-refractivity contribution in [3.63, 3.8) is 0 Å². The number of esters is 1. The predicted octanol–water partition coefficient (Wildman–Crippen LogP) is 5.42. The average molecular weight is 529 g/mol. The quantitative estimate of drug-likeness (QED) is 0.342. The highest BCUT2D eigenvalue weighted by Gasteiger charge is 2.58. The van der Waals surface area contributed by atoms with E-state index in [9.17, 15) is 14.7 Å². The maximum atomic E-state index is 14.1. The fourth-order valence-corrected chi connectivity index (χ4v) is 6.91. The Kier molecular flexibility index (Phi) is 7.53. The molecule has 1 aliphatic heterocycles. The van der Waals surface area contributed by atoms with Crippen LogP contribution in [-0.2, 0) is 10.2 Å². The van der Waals surface area contributed by atoms with Crippen LogP contribution in [0.3, 0.4) is 0 Å². The van der Waals surface area contributed by atoms with Gasteiger partial charge in [0, 0.05) is 37.0 Å². The molecule has 2 aliphatic rings. The van der Waals surface area contributed by atoms with Gasteiger partial charge in [0.1, 0.15) is 5.75 Å². The van der Waals surface area contributed by atoms with Crippen LogP contribution >= 0.6 is 0 Å². The van der Waals surface area contributed by atoms with Gasteiger partial charge in [-0.3, -0.25) is 9.59 Å². The number of ether oxygens (including phenoxy) is 1. The highest BCUT2D eigenvalue weighted by atomic mass is 16.5. The number of amides is 1. The van der Waals surface area contributed by atoms with Crippen LogP contribution < -0.4 is 4.74 Å². The van der Waals surface area contributed by atoms with Gasteiger partial charge in [0.15, 0.2) is 0 Å². The fourth-order valence-electron chi connectivity index (χ4n) is 6.91. The summed E-state index contributed by atoms with van der Waals surface area (Å²) in [5.74, 6) is 0.468. The molecule has 1 aliphatic carbocycles. The summed E-state index contributed by atoms with van der Waals surface area (Å²) in [5, 5.41) is 14.4. The molecule has 1 heterocycles. The van der Waals surface area contributed by atoms with Gasteiger partial charge in [-0.25, -0.2) is 0 Å². The van der Waals surface area contributed by atoms with Gasteiger partial charge in [-0.05, 0) is 85.8 Å². The summed E-state index contributed by atoms with van der Waals surface area (Å²) >= 11 is 0. The van der Waals surface area contributed by atoms with Gasteiger partial charge in [-0.1, -0.05) is 56.3 Å². The molecule has 1 saturated carbocycles. The Labute approximate surface area is 231 Å². The van der Waals surface area contributed by atoms with E-state index in [0.717, 1.165) is 35.7 Å². The number of rotatable bonds is 6. The first-order valence-corrected chi connectivity index (χ1v) is 14.1. The minimum atomic E-state index is -0.944. The van der Waals surface area contributed by atoms with Crippen molar-refractivity contribution >= 4 is 22.6 Å². The maximum Gasteiger partial charge on any atom is 0.308 e. The van der Waals surface area contributed by atoms with Gasteiger partial charge in [-0.2, -0.15) is 0 Å². The molecule has 3 unspecified atom stereocenters. The molecule has 5 rings (SSSR count). The average Bonchev–Trinajstić information content (AvgIpc) is 2.90. The lowest BCUT2D eigenvalue weighted by Crippen LogP contribution is -2.67. The van der Waals surface area contributed by atoms with E-state index in [1.807, 2.05) is 54.6 Å². The second-order valence-corrected chi connectivity index (χ2v) is 12.0. The minimum Gasteiger partial charge on any atom is -0.427 e. The van der Waals surface area contributed by atoms with E-state index in [0.29, 0.717) is 43.2 Å². The molecule has 1 N–H and O–H groups in total. The summed E-state index contributed by atoms with van der Waals surface area (Å²) < 4.78 is 5.44. The van der Waals surface area contributed by atoms with Crippen LogP contribution in [-0.4, -0.2) is 65.1 Å². The molecule has 0 spiro atoms. The number of hydrogen-bond donors (Lipinski definition) is 1. The molecule has 0 aromatic heterocycles. The number of carbonyl (C=O) groups excluding carboxylic acids is 2. The SMILES string of the molecule is CC(=O)Oc1cccc(C23CCN(C)CC2(O)CCC(N(CC(C)C)C(=O)c2ccc4ccccc4c2)C3)c1. The number of likely N-dealkylation sites (N-methyl/N-ethyl adjacent to an activating group) is 1. The molecular weight excluding hydrogens is 488 g/mol. The monoisotopic (exact) mass is 528 g/mol. The molecule has 6 heteroatoms. The number of likely N-dealkylation sites (tertiary alicyclic amines) is 1. The summed E-state index contributed by atoms with van der Waals surface area (Å²) in [6.45, 7) is 7.76. The number of nitrogens with zero attached hydrogens (tertiary/aromatic N) is 2. The van der Waals surface area contributed by atoms with Crippen molar-refractivity contribution < 1.29 is 19.4 Å². The Balaban J connectivity index is 1.53. The van der Waals surface area contributed by atoms with E-state index < -0.39 is 11.0 Å². The van der Waals surface area contributed by atoms with Gasteiger partial charge >= 0.3 is 5.97 Å². The molecular formula is C33H40N2O4. The zero-order chi connectivity index (χ0) is 27.8. The van der Waals surface area contributed by atoms with Crippen molar-refractivity contribution in [2.45, 2.75) is 63.5 Å². The third-order valence-electron chi connectivity index (χ3n) is 8.73. The van der Waals surface area contributed by atoms with E-state index in [2.05, 4.69) is 36.8 Å². The Morgan fingerprint density at radius 2 is 1.82 bits per heavy atom. The molecule has 0 radical (unpaired) electrons. The lowest BCUT2D eigenvalue weighted by Gasteiger charge is -2.59. The van der Waals surface area contributed by atoms with Gasteiger partial charge in [0.05, 0.1) is 5.60 Å². The van der Waals surface area contributed by atoms with Crippen LogP contribution in [0.15, 0.2) is 66.7 Å². The van der Waals surface area contributed by atoms with Crippen molar-refractivity contribution in [3.05, 3.63) is 77.9 Å². The van der Waals surface area contributed by atoms with Crippen LogP contribution in [0.2, 0.25) is 0 Å². The zero-order valence-corrected chi connectivity index (χ0v) is 23.5. The van der Waals surface area contributed by atoms with Crippen molar-refractivity contribution in [2.24, 2.45) is 5.92 Å². The lowest BCUT2D eigenvalue weighted by atomic mass is 9.55. The summed E-state index contributed by atoms with van der Waals surface area (Å²) in [6.07, 6.45) is 2.76. The van der Waals surface area contributed by atoms with E-state index in [-0.39, 0.29) is 17.9 Å². The number of piperidine rings is 1. The first-order valence-electron chi connectivity index (χ1n) is 14.1. The van der Waals surface area contributed by atoms with Crippen LogP contribution in [0.4, 0.5) is 0 Å². The summed E-state index contributed by atoms with van der Waals surface area (Å²) in [5.41, 5.74) is 0.173. The number of carbonyl (C=O) groups is 2. The first-order chi connectivity index (χ1) is 18.6. The minimum absolute atomic E-state index is 0.0209. The molecule has 0 bridgehead atoms. The molecule has 3 atom stereocenters. The number of benzene rings is 3. The third kappa shape index (κ3) is 5.32. The molecule has 3 aromatic carbocycles. The molecule has 1 saturated heterocycles. The second-order valence-electron chi connectivity index (χ2n) is 12.0. The Hall–Kier alpha value is -3.22. The fraction of sp³-hybridized carbons (Fsp3) is 0.455. The third-order valence-corrected chi connectivity index (χ3v) is 8.73. The lowest BCUT2D eigenvalue weighted by molar-refractivity contribution is -0.132. The first kappa shape index (κ1) is 27.4. The van der Waals surface area contributed by atoms with Crippen molar-refractivity contribution in [2.75, 3.05) is 26.7 Å². The number of aliphatic hydroxyl groups is 1. The van der Waals surface area contributed by atoms with Crippen LogP contribution in [0.5, 0.6) is 5.75 Å². The highest BCUT2D eigenvalue weighted by molar-refractivity contribution is 5.98. The molecule has 39 heavy (non-hydrogen) atoms. The van der Waals surface area contributed by atoms with E-state index in [4.69, 9.17) is 4.74 Å². The number of hydrogen-bond acceptors (Lipinski definition) is 5. The summed E-state index contributed by atoms with van der Waals surface area (Å²) in [7, 11) is 2.05. The van der Waals surface area contributed by atoms with E-state index in [1.165, 1.54) is 6.92 Å². The molecule has 3 aromatic rings. The number of β-amino-alcohol motifs (C(OH)–C–C–N with tert-alkyl or cyclic N) is 1. The highest BCUT2D eigenvalue weighted by Crippen LogP contribution is 2.53. The smallest absolute Gasteiger partial charge is 0.308 e. The van der Waals surface area contributed by atoms with Crippen LogP contribution in [0, 0.1) is 5.92 Å². The Morgan fingerprint density at radius 1 is 1.05 bits per heavy atom. The molecule has 1 amide bonds. The molecule has 2 fully saturated rings. The normalized spacial score (nSPS) is 25.3. The van der Waals surface area contributed by atoms with E-state index in [1.54, 1.807) is 6.07 Å². The Bertz CT molecular complexity index is 1370. The number of fused-ring (bicyclic) bond motifs is 2. The van der Waals surface area contributed by atoms with Gasteiger partial charge in [-0.15, -0.1) is 0 Å². The van der Waals surface area contributed by atoms with Crippen LogP contribution in [0.25, 0.3) is 10.8 Å². The van der Waals surface area contributed by atoms with Crippen molar-refractivity contribution in [1.82, 2.24) is 9.80 Å². The van der Waals surface area contributed by atoms with Crippen LogP contribution in [0.1, 0.15) is 62.4 Å². The van der Waals surface area contributed by atoms with Gasteiger partial charge < -0.3 is 19.6 Å². The summed E-state index contributed by atoms with van der Waals surface area (Å²) in [4.78, 5) is 30.1.